The van der Waals surface area contributed by atoms with E-state index in [2.05, 4.69) is 16.0 Å². The first-order valence-corrected chi connectivity index (χ1v) is 10.1. The lowest BCUT2D eigenvalue weighted by Gasteiger charge is -2.11. The molecule has 0 unspecified atom stereocenters. The van der Waals surface area contributed by atoms with Crippen molar-refractivity contribution in [2.45, 2.75) is 6.54 Å². The topological polar surface area (TPSA) is 127 Å². The lowest BCUT2D eigenvalue weighted by Crippen LogP contribution is -2.19. The Morgan fingerprint density at radius 2 is 1.73 bits per heavy atom. The molecule has 0 amide bonds. The van der Waals surface area contributed by atoms with E-state index < -0.39 is 11.9 Å². The first-order chi connectivity index (χ1) is 15.8. The van der Waals surface area contributed by atoms with Gasteiger partial charge in [0.05, 0.1) is 13.2 Å². The van der Waals surface area contributed by atoms with Crippen molar-refractivity contribution in [2.75, 3.05) is 41.0 Å². The Morgan fingerprint density at radius 3 is 2.30 bits per heavy atom. The molecule has 0 atom stereocenters. The molecule has 0 spiro atoms. The van der Waals surface area contributed by atoms with Gasteiger partial charge in [0.1, 0.15) is 18.1 Å². The summed E-state index contributed by atoms with van der Waals surface area (Å²) >= 11 is 0. The van der Waals surface area contributed by atoms with E-state index >= 15 is 0 Å². The lowest BCUT2D eigenvalue weighted by atomic mass is 10.1. The maximum absolute atomic E-state index is 9.55. The van der Waals surface area contributed by atoms with Crippen LogP contribution in [0.2, 0.25) is 0 Å². The summed E-state index contributed by atoms with van der Waals surface area (Å²) in [5, 5.41) is 21.4. The van der Waals surface area contributed by atoms with Crippen LogP contribution in [0.1, 0.15) is 0 Å². The number of carboxylic acids is 2. The summed E-state index contributed by atoms with van der Waals surface area (Å²) < 4.78 is 12.8. The zero-order valence-electron chi connectivity index (χ0n) is 18.8. The Bertz CT molecular complexity index is 1060. The number of carboxylic acid groups (broad SMARTS) is 2. The van der Waals surface area contributed by atoms with Crippen LogP contribution >= 0.6 is 0 Å². The second kappa shape index (κ2) is 12.9. The maximum atomic E-state index is 9.55. The highest BCUT2D eigenvalue weighted by molar-refractivity contribution is 5.91. The largest absolute Gasteiger partial charge is 0.492 e. The summed E-state index contributed by atoms with van der Waals surface area (Å²) in [4.78, 5) is 25.7. The second-order valence-corrected chi connectivity index (χ2v) is 7.13. The van der Waals surface area contributed by atoms with Gasteiger partial charge in [-0.15, -0.1) is 0 Å². The molecule has 10 nitrogen and oxygen atoms in total. The Hall–Kier alpha value is -3.76. The van der Waals surface area contributed by atoms with Gasteiger partial charge in [0.2, 0.25) is 0 Å². The average molecular weight is 456 g/mol. The molecule has 0 saturated carbocycles. The predicted octanol–water partition coefficient (Wildman–Crippen LogP) is 2.40. The van der Waals surface area contributed by atoms with E-state index in [1.165, 1.54) is 0 Å². The molecule has 10 heteroatoms. The summed E-state index contributed by atoms with van der Waals surface area (Å²) in [5.74, 6) is -1.65. The molecule has 2 heterocycles. The maximum Gasteiger partial charge on any atom is 0.328 e. The molecular formula is C23H28N4O6. The van der Waals surface area contributed by atoms with Crippen molar-refractivity contribution >= 4 is 23.0 Å². The van der Waals surface area contributed by atoms with Gasteiger partial charge in [0.15, 0.2) is 5.65 Å². The number of aliphatic carboxylic acids is 2. The number of methoxy groups -OCH3 is 1. The van der Waals surface area contributed by atoms with E-state index in [-0.39, 0.29) is 0 Å². The number of nitrogens with zero attached hydrogens (tertiary/aromatic N) is 4. The number of benzene rings is 1. The molecule has 2 N–H and O–H groups in total. The van der Waals surface area contributed by atoms with Crippen LogP contribution in [-0.2, 0) is 20.9 Å². The summed E-state index contributed by atoms with van der Waals surface area (Å²) in [6, 6.07) is 12.0. The molecule has 0 aliphatic rings. The van der Waals surface area contributed by atoms with Crippen LogP contribution in [0, 0.1) is 0 Å². The fourth-order valence-corrected chi connectivity index (χ4v) is 2.75. The van der Waals surface area contributed by atoms with Gasteiger partial charge in [0, 0.05) is 43.0 Å². The number of likely N-dealkylation sites (N-methyl/N-ethyl adjacent to an activating group) is 1. The average Bonchev–Trinajstić information content (AvgIpc) is 3.16. The number of pyridine rings is 1. The minimum atomic E-state index is -1.26. The SMILES string of the molecule is COCCn1nc(-c2ccc(OCCN(C)C)cc2)c2cccnc21.O=C(O)/C=C\C(=O)O. The van der Waals surface area contributed by atoms with Crippen LogP contribution in [0.25, 0.3) is 22.3 Å². The minimum Gasteiger partial charge on any atom is -0.492 e. The molecule has 3 rings (SSSR count). The fourth-order valence-electron chi connectivity index (χ4n) is 2.75. The standard InChI is InChI=1S/C19H24N4O2.C4H4O4/c1-22(2)11-14-25-16-8-6-15(7-9-16)18-17-5-4-10-20-19(17)23(21-18)12-13-24-3;5-3(6)1-2-4(7)8/h4-10H,11-14H2,1-3H3;1-2H,(H,5,6)(H,7,8)/b;2-1-. The van der Waals surface area contributed by atoms with Crippen LogP contribution in [0.3, 0.4) is 0 Å². The highest BCUT2D eigenvalue weighted by Crippen LogP contribution is 2.28. The fraction of sp³-hybridized carbons (Fsp3) is 0.304. The van der Waals surface area contributed by atoms with Crippen molar-refractivity contribution < 1.29 is 29.3 Å². The van der Waals surface area contributed by atoms with Gasteiger partial charge in [-0.1, -0.05) is 0 Å². The molecule has 0 bridgehead atoms. The lowest BCUT2D eigenvalue weighted by molar-refractivity contribution is -0.134. The highest BCUT2D eigenvalue weighted by atomic mass is 16.5. The molecule has 0 aliphatic heterocycles. The Morgan fingerprint density at radius 1 is 1.06 bits per heavy atom. The number of carbonyl (C=O) groups is 2. The first kappa shape index (κ1) is 25.5. The van der Waals surface area contributed by atoms with Crippen molar-refractivity contribution in [3.05, 3.63) is 54.7 Å². The van der Waals surface area contributed by atoms with Crippen molar-refractivity contribution in [1.82, 2.24) is 19.7 Å². The van der Waals surface area contributed by atoms with E-state index in [1.807, 2.05) is 49.1 Å². The normalized spacial score (nSPS) is 10.9. The van der Waals surface area contributed by atoms with Gasteiger partial charge in [-0.25, -0.2) is 19.3 Å². The number of rotatable bonds is 10. The number of hydrogen-bond acceptors (Lipinski definition) is 7. The van der Waals surface area contributed by atoms with Gasteiger partial charge in [0.25, 0.3) is 0 Å². The van der Waals surface area contributed by atoms with Crippen LogP contribution < -0.4 is 4.74 Å². The third-order valence-electron chi connectivity index (χ3n) is 4.32. The van der Waals surface area contributed by atoms with Crippen molar-refractivity contribution in [1.29, 1.82) is 0 Å². The Kier molecular flexibility index (Phi) is 10.00. The van der Waals surface area contributed by atoms with Crippen molar-refractivity contribution in [3.8, 4) is 17.0 Å². The predicted molar refractivity (Wildman–Crippen MR) is 123 cm³/mol. The number of ether oxygens (including phenoxy) is 2. The quantitative estimate of drug-likeness (QED) is 0.442. The van der Waals surface area contributed by atoms with Crippen LogP contribution in [0.4, 0.5) is 0 Å². The molecule has 0 fully saturated rings. The van der Waals surface area contributed by atoms with Gasteiger partial charge in [-0.3, -0.25) is 0 Å². The molecular weight excluding hydrogens is 428 g/mol. The highest BCUT2D eigenvalue weighted by Gasteiger charge is 2.13. The molecule has 0 aliphatic carbocycles. The summed E-state index contributed by atoms with van der Waals surface area (Å²) in [5.41, 5.74) is 2.86. The monoisotopic (exact) mass is 456 g/mol. The molecule has 33 heavy (non-hydrogen) atoms. The second-order valence-electron chi connectivity index (χ2n) is 7.13. The van der Waals surface area contributed by atoms with Gasteiger partial charge in [-0.05, 0) is 50.5 Å². The Labute approximate surface area is 191 Å². The van der Waals surface area contributed by atoms with E-state index in [1.54, 1.807) is 13.3 Å². The zero-order chi connectivity index (χ0) is 24.2. The van der Waals surface area contributed by atoms with E-state index in [9.17, 15) is 9.59 Å². The number of hydrogen-bond donors (Lipinski definition) is 2. The van der Waals surface area contributed by atoms with Crippen molar-refractivity contribution in [2.24, 2.45) is 0 Å². The number of fused-ring (bicyclic) bond motifs is 1. The summed E-state index contributed by atoms with van der Waals surface area (Å²) in [6.07, 6.45) is 2.91. The van der Waals surface area contributed by atoms with Crippen molar-refractivity contribution in [3.63, 3.8) is 0 Å². The smallest absolute Gasteiger partial charge is 0.328 e. The van der Waals surface area contributed by atoms with Gasteiger partial charge >= 0.3 is 11.9 Å². The zero-order valence-corrected chi connectivity index (χ0v) is 18.8. The Balaban J connectivity index is 0.000000414. The molecule has 3 aromatic rings. The van der Waals surface area contributed by atoms with Crippen LogP contribution in [-0.4, -0.2) is 82.8 Å². The van der Waals surface area contributed by atoms with E-state index in [4.69, 9.17) is 24.8 Å². The molecule has 0 saturated heterocycles. The van der Waals surface area contributed by atoms with Crippen LogP contribution in [0.5, 0.6) is 5.75 Å². The summed E-state index contributed by atoms with van der Waals surface area (Å²) in [7, 11) is 5.76. The minimum absolute atomic E-state index is 0.558. The van der Waals surface area contributed by atoms with E-state index in [0.717, 1.165) is 34.6 Å². The molecule has 0 radical (unpaired) electrons. The molecule has 176 valence electrons. The van der Waals surface area contributed by atoms with Gasteiger partial charge < -0.3 is 24.6 Å². The molecule has 1 aromatic carbocycles. The summed E-state index contributed by atoms with van der Waals surface area (Å²) in [6.45, 7) is 2.84. The third-order valence-corrected chi connectivity index (χ3v) is 4.32. The van der Waals surface area contributed by atoms with E-state index in [0.29, 0.717) is 31.9 Å². The van der Waals surface area contributed by atoms with Crippen LogP contribution in [0.15, 0.2) is 54.7 Å². The third kappa shape index (κ3) is 8.36. The van der Waals surface area contributed by atoms with Gasteiger partial charge in [-0.2, -0.15) is 5.10 Å². The number of aromatic nitrogens is 3. The molecule has 2 aromatic heterocycles. The first-order valence-electron chi connectivity index (χ1n) is 10.1.